The second-order valence-corrected chi connectivity index (χ2v) is 7.11. The molecule has 1 aromatic rings. The van der Waals surface area contributed by atoms with E-state index in [-0.39, 0.29) is 5.91 Å². The first-order valence-corrected chi connectivity index (χ1v) is 8.99. The van der Waals surface area contributed by atoms with Crippen LogP contribution in [0.2, 0.25) is 0 Å². The number of hydrazine groups is 1. The van der Waals surface area contributed by atoms with Gasteiger partial charge in [0.25, 0.3) is 5.91 Å². The third-order valence-corrected chi connectivity index (χ3v) is 4.91. The summed E-state index contributed by atoms with van der Waals surface area (Å²) in [5.41, 5.74) is 4.62. The van der Waals surface area contributed by atoms with Crippen molar-refractivity contribution in [3.05, 3.63) is 23.4 Å². The second kappa shape index (κ2) is 6.48. The van der Waals surface area contributed by atoms with Crippen LogP contribution in [0.1, 0.15) is 66.9 Å². The highest BCUT2D eigenvalue weighted by atomic mass is 16.5. The maximum atomic E-state index is 12.4. The van der Waals surface area contributed by atoms with Crippen LogP contribution in [0.15, 0.2) is 12.1 Å². The Balaban J connectivity index is 1.45. The number of ether oxygens (including phenoxy) is 1. The summed E-state index contributed by atoms with van der Waals surface area (Å²) in [5, 5.41) is 2.01. The predicted octanol–water partition coefficient (Wildman–Crippen LogP) is 2.88. The van der Waals surface area contributed by atoms with Gasteiger partial charge in [-0.05, 0) is 56.4 Å². The van der Waals surface area contributed by atoms with Crippen LogP contribution in [0.4, 0.5) is 0 Å². The number of aromatic nitrogens is 1. The van der Waals surface area contributed by atoms with E-state index in [1.807, 2.05) is 17.1 Å². The summed E-state index contributed by atoms with van der Waals surface area (Å²) in [6, 6.07) is 3.88. The molecule has 1 N–H and O–H groups in total. The number of pyridine rings is 1. The Morgan fingerprint density at radius 2 is 1.96 bits per heavy atom. The van der Waals surface area contributed by atoms with Gasteiger partial charge in [-0.3, -0.25) is 10.2 Å². The topological polar surface area (TPSA) is 54.5 Å². The van der Waals surface area contributed by atoms with Gasteiger partial charge in [0.05, 0.1) is 6.61 Å². The zero-order valence-corrected chi connectivity index (χ0v) is 13.6. The van der Waals surface area contributed by atoms with Crippen molar-refractivity contribution in [1.29, 1.82) is 0 Å². The average molecular weight is 315 g/mol. The molecule has 23 heavy (non-hydrogen) atoms. The summed E-state index contributed by atoms with van der Waals surface area (Å²) >= 11 is 0. The molecular formula is C18H25N3O2. The molecule has 3 aliphatic rings. The molecule has 124 valence electrons. The van der Waals surface area contributed by atoms with Crippen LogP contribution in [-0.4, -0.2) is 35.6 Å². The van der Waals surface area contributed by atoms with E-state index in [1.54, 1.807) is 0 Å². The number of nitrogens with zero attached hydrogens (tertiary/aromatic N) is 2. The van der Waals surface area contributed by atoms with Crippen molar-refractivity contribution in [2.45, 2.75) is 50.9 Å². The maximum absolute atomic E-state index is 12.4. The van der Waals surface area contributed by atoms with E-state index in [1.165, 1.54) is 37.7 Å². The van der Waals surface area contributed by atoms with Crippen molar-refractivity contribution in [1.82, 2.24) is 15.4 Å². The number of hydrogen-bond donors (Lipinski definition) is 1. The lowest BCUT2D eigenvalue weighted by atomic mass is 10.1. The van der Waals surface area contributed by atoms with Gasteiger partial charge in [-0.2, -0.15) is 0 Å². The van der Waals surface area contributed by atoms with E-state index >= 15 is 0 Å². The lowest BCUT2D eigenvalue weighted by Crippen LogP contribution is -2.45. The Kier molecular flexibility index (Phi) is 4.21. The molecule has 1 amide bonds. The van der Waals surface area contributed by atoms with Crippen LogP contribution in [0.3, 0.4) is 0 Å². The number of carbonyl (C=O) groups excluding carboxylic acids is 1. The van der Waals surface area contributed by atoms with Crippen molar-refractivity contribution >= 4 is 5.91 Å². The molecule has 1 aliphatic heterocycles. The number of amides is 1. The van der Waals surface area contributed by atoms with E-state index < -0.39 is 0 Å². The van der Waals surface area contributed by atoms with Gasteiger partial charge in [0.2, 0.25) is 5.88 Å². The fourth-order valence-corrected chi connectivity index (χ4v) is 3.09. The minimum atomic E-state index is -0.120. The monoisotopic (exact) mass is 315 g/mol. The van der Waals surface area contributed by atoms with Gasteiger partial charge in [-0.1, -0.05) is 12.5 Å². The molecule has 0 radical (unpaired) electrons. The van der Waals surface area contributed by atoms with E-state index in [9.17, 15) is 4.79 Å². The van der Waals surface area contributed by atoms with Gasteiger partial charge in [-0.15, -0.1) is 0 Å². The van der Waals surface area contributed by atoms with Crippen molar-refractivity contribution in [2.75, 3.05) is 19.7 Å². The van der Waals surface area contributed by atoms with E-state index in [0.717, 1.165) is 32.5 Å². The molecule has 2 aliphatic carbocycles. The summed E-state index contributed by atoms with van der Waals surface area (Å²) in [4.78, 5) is 17.0. The number of piperidine rings is 1. The molecule has 2 heterocycles. The van der Waals surface area contributed by atoms with Gasteiger partial charge in [0.1, 0.15) is 5.69 Å². The van der Waals surface area contributed by atoms with Gasteiger partial charge >= 0.3 is 0 Å². The SMILES string of the molecule is O=C(NN1CCCCC1)c1ccc(C2CC2)c(OCC2CC2)n1. The molecule has 0 bridgehead atoms. The molecule has 3 fully saturated rings. The normalized spacial score (nSPS) is 21.9. The van der Waals surface area contributed by atoms with Crippen LogP contribution < -0.4 is 10.2 Å². The smallest absolute Gasteiger partial charge is 0.284 e. The van der Waals surface area contributed by atoms with E-state index in [0.29, 0.717) is 23.4 Å². The third-order valence-electron chi connectivity index (χ3n) is 4.91. The number of rotatable bonds is 6. The van der Waals surface area contributed by atoms with Gasteiger partial charge < -0.3 is 4.74 Å². The lowest BCUT2D eigenvalue weighted by Gasteiger charge is -2.26. The molecule has 1 aromatic heterocycles. The first-order chi connectivity index (χ1) is 11.3. The molecule has 0 spiro atoms. The highest BCUT2D eigenvalue weighted by Crippen LogP contribution is 2.44. The highest BCUT2D eigenvalue weighted by molar-refractivity contribution is 5.92. The Morgan fingerprint density at radius 3 is 2.65 bits per heavy atom. The maximum Gasteiger partial charge on any atom is 0.284 e. The Bertz CT molecular complexity index is 576. The van der Waals surface area contributed by atoms with E-state index in [4.69, 9.17) is 4.74 Å². The standard InChI is InChI=1S/C18H25N3O2/c22-17(20-21-10-2-1-3-11-21)16-9-8-15(14-6-7-14)18(19-16)23-12-13-4-5-13/h8-9,13-14H,1-7,10-12H2,(H,20,22). The molecule has 0 aromatic carbocycles. The summed E-state index contributed by atoms with van der Waals surface area (Å²) in [5.74, 6) is 1.84. The molecule has 2 saturated carbocycles. The summed E-state index contributed by atoms with van der Waals surface area (Å²) in [6.07, 6.45) is 8.47. The Labute approximate surface area is 137 Å². The molecule has 5 nitrogen and oxygen atoms in total. The fraction of sp³-hybridized carbons (Fsp3) is 0.667. The largest absolute Gasteiger partial charge is 0.477 e. The van der Waals surface area contributed by atoms with Gasteiger partial charge in [-0.25, -0.2) is 9.99 Å². The zero-order valence-electron chi connectivity index (χ0n) is 13.6. The first-order valence-electron chi connectivity index (χ1n) is 8.99. The van der Waals surface area contributed by atoms with E-state index in [2.05, 4.69) is 10.4 Å². The average Bonchev–Trinajstić information content (AvgIpc) is 3.48. The summed E-state index contributed by atoms with van der Waals surface area (Å²) < 4.78 is 5.94. The molecule has 5 heteroatoms. The summed E-state index contributed by atoms with van der Waals surface area (Å²) in [7, 11) is 0. The molecular weight excluding hydrogens is 290 g/mol. The number of nitrogens with one attached hydrogen (secondary N) is 1. The molecule has 1 saturated heterocycles. The second-order valence-electron chi connectivity index (χ2n) is 7.11. The van der Waals surface area contributed by atoms with Crippen LogP contribution >= 0.6 is 0 Å². The first kappa shape index (κ1) is 14.9. The number of carbonyl (C=O) groups is 1. The summed E-state index contributed by atoms with van der Waals surface area (Å²) in [6.45, 7) is 2.60. The molecule has 4 rings (SSSR count). The van der Waals surface area contributed by atoms with Gasteiger partial charge in [0, 0.05) is 18.7 Å². The van der Waals surface area contributed by atoms with Crippen molar-refractivity contribution < 1.29 is 9.53 Å². The molecule has 0 atom stereocenters. The zero-order chi connectivity index (χ0) is 15.6. The van der Waals surface area contributed by atoms with Crippen molar-refractivity contribution in [3.63, 3.8) is 0 Å². The third kappa shape index (κ3) is 3.83. The lowest BCUT2D eigenvalue weighted by molar-refractivity contribution is 0.0743. The Hall–Kier alpha value is -1.62. The quantitative estimate of drug-likeness (QED) is 0.877. The minimum Gasteiger partial charge on any atom is -0.477 e. The fourth-order valence-electron chi connectivity index (χ4n) is 3.09. The van der Waals surface area contributed by atoms with Gasteiger partial charge in [0.15, 0.2) is 0 Å². The number of hydrogen-bond acceptors (Lipinski definition) is 4. The van der Waals surface area contributed by atoms with Crippen molar-refractivity contribution in [2.24, 2.45) is 5.92 Å². The van der Waals surface area contributed by atoms with Crippen LogP contribution in [0, 0.1) is 5.92 Å². The molecule has 0 unspecified atom stereocenters. The van der Waals surface area contributed by atoms with Crippen LogP contribution in [-0.2, 0) is 0 Å². The highest BCUT2D eigenvalue weighted by Gasteiger charge is 2.30. The van der Waals surface area contributed by atoms with Crippen LogP contribution in [0.5, 0.6) is 5.88 Å². The predicted molar refractivity (Wildman–Crippen MR) is 87.3 cm³/mol. The van der Waals surface area contributed by atoms with Crippen LogP contribution in [0.25, 0.3) is 0 Å². The minimum absolute atomic E-state index is 0.120. The van der Waals surface area contributed by atoms with Crippen molar-refractivity contribution in [3.8, 4) is 5.88 Å². The Morgan fingerprint density at radius 1 is 1.17 bits per heavy atom.